The minimum absolute atomic E-state index is 0.0862. The van der Waals surface area contributed by atoms with Gasteiger partial charge in [0, 0.05) is 15.6 Å². The normalized spacial score (nSPS) is 12.0. The third kappa shape index (κ3) is 4.70. The third-order valence-corrected chi connectivity index (χ3v) is 3.72. The van der Waals surface area contributed by atoms with Crippen molar-refractivity contribution in [2.24, 2.45) is 0 Å². The van der Waals surface area contributed by atoms with Gasteiger partial charge in [0.2, 0.25) is 0 Å². The Morgan fingerprint density at radius 2 is 1.95 bits per heavy atom. The largest absolute Gasteiger partial charge is 0.326 e. The van der Waals surface area contributed by atoms with E-state index in [0.29, 0.717) is 16.6 Å². The van der Waals surface area contributed by atoms with Crippen molar-refractivity contribution >= 4 is 34.8 Å². The second-order valence-electron chi connectivity index (χ2n) is 5.07. The average Bonchev–Trinajstić information content (AvgIpc) is 2.45. The van der Waals surface area contributed by atoms with Crippen molar-refractivity contribution in [3.05, 3.63) is 63.9 Å². The van der Waals surface area contributed by atoms with Gasteiger partial charge in [-0.25, -0.2) is 4.39 Å². The van der Waals surface area contributed by atoms with Gasteiger partial charge < -0.3 is 10.2 Å². The molecule has 0 aromatic heterocycles. The van der Waals surface area contributed by atoms with Crippen molar-refractivity contribution in [1.82, 2.24) is 0 Å². The summed E-state index contributed by atoms with van der Waals surface area (Å²) in [6.45, 7) is 0.794. The molecule has 2 aromatic rings. The van der Waals surface area contributed by atoms with E-state index in [1.54, 1.807) is 0 Å². The molecular weight excluding hydrogens is 326 g/mol. The monoisotopic (exact) mass is 341 g/mol. The number of anilines is 1. The van der Waals surface area contributed by atoms with Gasteiger partial charge in [-0.3, -0.25) is 4.79 Å². The molecule has 0 spiro atoms. The maximum atomic E-state index is 13.6. The minimum atomic E-state index is -0.512. The van der Waals surface area contributed by atoms with E-state index in [1.165, 1.54) is 18.2 Å². The van der Waals surface area contributed by atoms with Gasteiger partial charge in [0.25, 0.3) is 5.91 Å². The molecule has 1 atom stereocenters. The van der Waals surface area contributed by atoms with Crippen LogP contribution in [0, 0.1) is 5.82 Å². The molecule has 0 aliphatic carbocycles. The molecule has 3 nitrogen and oxygen atoms in total. The second-order valence-corrected chi connectivity index (χ2v) is 5.92. The summed E-state index contributed by atoms with van der Waals surface area (Å²) >= 11 is 11.9. The predicted molar refractivity (Wildman–Crippen MR) is 86.9 cm³/mol. The maximum absolute atomic E-state index is 13.6. The summed E-state index contributed by atoms with van der Waals surface area (Å²) in [6, 6.07) is 11.5. The summed E-state index contributed by atoms with van der Waals surface area (Å²) in [5.74, 6) is -0.799. The van der Waals surface area contributed by atoms with E-state index >= 15 is 0 Å². The van der Waals surface area contributed by atoms with Gasteiger partial charge in [-0.1, -0.05) is 41.4 Å². The fourth-order valence-electron chi connectivity index (χ4n) is 2.09. The summed E-state index contributed by atoms with van der Waals surface area (Å²) in [5, 5.41) is 3.57. The van der Waals surface area contributed by atoms with Crippen molar-refractivity contribution in [3.8, 4) is 0 Å². The molecule has 0 radical (unpaired) electrons. The SMILES string of the molecule is C[NH+](CC(=O)Nc1cc(Cl)ccc1F)Cc1ccccc1Cl. The molecule has 0 bridgehead atoms. The van der Waals surface area contributed by atoms with Gasteiger partial charge >= 0.3 is 0 Å². The highest BCUT2D eigenvalue weighted by Gasteiger charge is 2.14. The van der Waals surface area contributed by atoms with Gasteiger partial charge in [-0.05, 0) is 24.3 Å². The van der Waals surface area contributed by atoms with E-state index in [9.17, 15) is 9.18 Å². The Hall–Kier alpha value is -1.62. The number of rotatable bonds is 5. The highest BCUT2D eigenvalue weighted by molar-refractivity contribution is 6.31. The molecule has 0 aliphatic heterocycles. The van der Waals surface area contributed by atoms with Crippen molar-refractivity contribution < 1.29 is 14.1 Å². The Balaban J connectivity index is 1.94. The Labute approximate surface area is 138 Å². The molecule has 22 heavy (non-hydrogen) atoms. The Morgan fingerprint density at radius 1 is 1.23 bits per heavy atom. The number of carbonyl (C=O) groups excluding carboxylic acids is 1. The number of benzene rings is 2. The van der Waals surface area contributed by atoms with Gasteiger partial charge in [-0.15, -0.1) is 0 Å². The topological polar surface area (TPSA) is 33.5 Å². The highest BCUT2D eigenvalue weighted by atomic mass is 35.5. The average molecular weight is 342 g/mol. The van der Waals surface area contributed by atoms with E-state index in [-0.39, 0.29) is 18.1 Å². The van der Waals surface area contributed by atoms with Crippen molar-refractivity contribution in [2.75, 3.05) is 18.9 Å². The summed E-state index contributed by atoms with van der Waals surface area (Å²) < 4.78 is 13.6. The molecule has 0 heterocycles. The lowest BCUT2D eigenvalue weighted by atomic mass is 10.2. The van der Waals surface area contributed by atoms with Crippen molar-refractivity contribution in [3.63, 3.8) is 0 Å². The maximum Gasteiger partial charge on any atom is 0.279 e. The van der Waals surface area contributed by atoms with Crippen LogP contribution in [-0.2, 0) is 11.3 Å². The summed E-state index contributed by atoms with van der Waals surface area (Å²) in [4.78, 5) is 12.9. The van der Waals surface area contributed by atoms with Crippen molar-refractivity contribution in [2.45, 2.75) is 6.54 Å². The molecular formula is C16H16Cl2FN2O+. The molecule has 0 aliphatic rings. The van der Waals surface area contributed by atoms with Gasteiger partial charge in [-0.2, -0.15) is 0 Å². The van der Waals surface area contributed by atoms with Crippen LogP contribution in [0.5, 0.6) is 0 Å². The number of halogens is 3. The number of hydrogen-bond donors (Lipinski definition) is 2. The van der Waals surface area contributed by atoms with Crippen LogP contribution in [0.1, 0.15) is 5.56 Å². The van der Waals surface area contributed by atoms with Crippen molar-refractivity contribution in [1.29, 1.82) is 0 Å². The van der Waals surface area contributed by atoms with Gasteiger partial charge in [0.1, 0.15) is 12.4 Å². The molecule has 0 saturated heterocycles. The third-order valence-electron chi connectivity index (χ3n) is 3.11. The molecule has 1 unspecified atom stereocenters. The smallest absolute Gasteiger partial charge is 0.279 e. The number of quaternary nitrogens is 1. The lowest BCUT2D eigenvalue weighted by molar-refractivity contribution is -0.885. The summed E-state index contributed by atoms with van der Waals surface area (Å²) in [6.07, 6.45) is 0. The highest BCUT2D eigenvalue weighted by Crippen LogP contribution is 2.19. The van der Waals surface area contributed by atoms with Crippen LogP contribution in [-0.4, -0.2) is 19.5 Å². The molecule has 1 amide bonds. The lowest BCUT2D eigenvalue weighted by Gasteiger charge is -2.15. The molecule has 2 rings (SSSR count). The first-order valence-electron chi connectivity index (χ1n) is 6.75. The molecule has 2 N–H and O–H groups in total. The van der Waals surface area contributed by atoms with E-state index in [0.717, 1.165) is 10.5 Å². The van der Waals surface area contributed by atoms with E-state index < -0.39 is 5.82 Å². The first-order chi connectivity index (χ1) is 10.5. The van der Waals surface area contributed by atoms with Crippen LogP contribution in [0.2, 0.25) is 10.0 Å². The number of nitrogens with one attached hydrogen (secondary N) is 2. The van der Waals surface area contributed by atoms with Crippen LogP contribution >= 0.6 is 23.2 Å². The minimum Gasteiger partial charge on any atom is -0.326 e. The van der Waals surface area contributed by atoms with Crippen LogP contribution in [0.3, 0.4) is 0 Å². The fourth-order valence-corrected chi connectivity index (χ4v) is 2.47. The quantitative estimate of drug-likeness (QED) is 0.861. The summed E-state index contributed by atoms with van der Waals surface area (Å²) in [7, 11) is 1.87. The van der Waals surface area contributed by atoms with Gasteiger partial charge in [0.15, 0.2) is 6.54 Å². The number of hydrogen-bond acceptors (Lipinski definition) is 1. The molecule has 116 valence electrons. The molecule has 6 heteroatoms. The zero-order valence-corrected chi connectivity index (χ0v) is 13.5. The van der Waals surface area contributed by atoms with Crippen LogP contribution < -0.4 is 10.2 Å². The molecule has 2 aromatic carbocycles. The Kier molecular flexibility index (Phi) is 5.77. The standard InChI is InChI=1S/C16H15Cl2FN2O/c1-21(9-11-4-2-3-5-13(11)18)10-16(22)20-15-8-12(17)6-7-14(15)19/h2-8H,9-10H2,1H3,(H,20,22)/p+1. The van der Waals surface area contributed by atoms with Gasteiger partial charge in [0.05, 0.1) is 12.7 Å². The number of carbonyl (C=O) groups is 1. The first kappa shape index (κ1) is 16.7. The second kappa shape index (κ2) is 7.58. The Bertz CT molecular complexity index is 679. The van der Waals surface area contributed by atoms with Crippen LogP contribution in [0.4, 0.5) is 10.1 Å². The molecule has 0 fully saturated rings. The van der Waals surface area contributed by atoms with Crippen LogP contribution in [0.25, 0.3) is 0 Å². The number of amides is 1. The zero-order chi connectivity index (χ0) is 16.1. The first-order valence-corrected chi connectivity index (χ1v) is 7.51. The fraction of sp³-hybridized carbons (Fsp3) is 0.188. The lowest BCUT2D eigenvalue weighted by Crippen LogP contribution is -3.08. The zero-order valence-electron chi connectivity index (χ0n) is 12.0. The summed E-state index contributed by atoms with van der Waals surface area (Å²) in [5.41, 5.74) is 1.05. The Morgan fingerprint density at radius 3 is 2.68 bits per heavy atom. The van der Waals surface area contributed by atoms with E-state index in [1.807, 2.05) is 31.3 Å². The predicted octanol–water partition coefficient (Wildman–Crippen LogP) is 2.79. The van der Waals surface area contributed by atoms with E-state index in [4.69, 9.17) is 23.2 Å². The van der Waals surface area contributed by atoms with E-state index in [2.05, 4.69) is 5.32 Å². The molecule has 0 saturated carbocycles. The van der Waals surface area contributed by atoms with Crippen LogP contribution in [0.15, 0.2) is 42.5 Å². The number of likely N-dealkylation sites (N-methyl/N-ethyl adjacent to an activating group) is 1.